The van der Waals surface area contributed by atoms with Gasteiger partial charge in [0.25, 0.3) is 10.0 Å². The van der Waals surface area contributed by atoms with Gasteiger partial charge >= 0.3 is 0 Å². The van der Waals surface area contributed by atoms with Crippen LogP contribution in [0.25, 0.3) is 5.57 Å². The largest absolute Gasteiger partial charge is 0.326 e. The first-order chi connectivity index (χ1) is 12.5. The van der Waals surface area contributed by atoms with E-state index in [-0.39, 0.29) is 10.8 Å². The number of amides is 1. The SMILES string of the molecule is CC(=O)Nc1ccc2c(c1)C(C)=CC(C)(C)N2S(=O)(=O)c1ccc(Cl)cc1. The fourth-order valence-electron chi connectivity index (χ4n) is 3.44. The van der Waals surface area contributed by atoms with E-state index in [4.69, 9.17) is 11.6 Å². The van der Waals surface area contributed by atoms with Gasteiger partial charge in [-0.2, -0.15) is 0 Å². The summed E-state index contributed by atoms with van der Waals surface area (Å²) in [6.45, 7) is 7.08. The highest BCUT2D eigenvalue weighted by molar-refractivity contribution is 7.93. The molecular weight excluding hydrogens is 384 g/mol. The van der Waals surface area contributed by atoms with Crippen LogP contribution in [-0.4, -0.2) is 19.9 Å². The van der Waals surface area contributed by atoms with Gasteiger partial charge in [0.05, 0.1) is 16.1 Å². The third kappa shape index (κ3) is 3.59. The normalized spacial score (nSPS) is 15.7. The molecule has 1 amide bonds. The van der Waals surface area contributed by atoms with Crippen molar-refractivity contribution in [3.05, 3.63) is 59.1 Å². The molecule has 0 fully saturated rings. The van der Waals surface area contributed by atoms with Crippen LogP contribution in [0.15, 0.2) is 53.4 Å². The number of anilines is 2. The van der Waals surface area contributed by atoms with E-state index in [2.05, 4.69) is 5.32 Å². The first-order valence-corrected chi connectivity index (χ1v) is 10.3. The quantitative estimate of drug-likeness (QED) is 0.806. The molecule has 0 saturated carbocycles. The average Bonchev–Trinajstić information content (AvgIpc) is 2.54. The monoisotopic (exact) mass is 404 g/mol. The summed E-state index contributed by atoms with van der Waals surface area (Å²) in [6.07, 6.45) is 1.92. The lowest BCUT2D eigenvalue weighted by Gasteiger charge is -2.42. The van der Waals surface area contributed by atoms with Gasteiger partial charge in [-0.25, -0.2) is 8.42 Å². The number of sulfonamides is 1. The summed E-state index contributed by atoms with van der Waals surface area (Å²) in [5.41, 5.74) is 2.15. The van der Waals surface area contributed by atoms with Gasteiger partial charge < -0.3 is 5.32 Å². The number of halogens is 1. The van der Waals surface area contributed by atoms with Crippen molar-refractivity contribution in [1.82, 2.24) is 0 Å². The molecule has 0 aromatic heterocycles. The second kappa shape index (κ2) is 6.69. The van der Waals surface area contributed by atoms with Gasteiger partial charge in [0.1, 0.15) is 0 Å². The van der Waals surface area contributed by atoms with Gasteiger partial charge in [-0.15, -0.1) is 0 Å². The third-order valence-corrected chi connectivity index (χ3v) is 6.67. The van der Waals surface area contributed by atoms with Crippen molar-refractivity contribution in [3.63, 3.8) is 0 Å². The standard InChI is InChI=1S/C20H21ClN2O3S/c1-13-12-20(3,4)23(27(25,26)17-8-5-15(21)6-9-17)19-10-7-16(11-18(13)19)22-14(2)24/h5-12H,1-4H3,(H,22,24). The first-order valence-electron chi connectivity index (χ1n) is 8.45. The van der Waals surface area contributed by atoms with Gasteiger partial charge in [0, 0.05) is 23.2 Å². The zero-order valence-electron chi connectivity index (χ0n) is 15.6. The summed E-state index contributed by atoms with van der Waals surface area (Å²) in [5, 5.41) is 3.21. The zero-order chi connectivity index (χ0) is 20.0. The Kier molecular flexibility index (Phi) is 4.82. The summed E-state index contributed by atoms with van der Waals surface area (Å²) < 4.78 is 28.3. The highest BCUT2D eigenvalue weighted by Gasteiger charge is 2.40. The van der Waals surface area contributed by atoms with Crippen molar-refractivity contribution in [2.24, 2.45) is 0 Å². The molecule has 0 spiro atoms. The molecule has 1 aliphatic rings. The lowest BCUT2D eigenvalue weighted by Crippen LogP contribution is -2.48. The summed E-state index contributed by atoms with van der Waals surface area (Å²) >= 11 is 5.91. The molecule has 1 heterocycles. The Labute approximate surface area is 164 Å². The highest BCUT2D eigenvalue weighted by Crippen LogP contribution is 2.43. The lowest BCUT2D eigenvalue weighted by molar-refractivity contribution is -0.114. The Morgan fingerprint density at radius 3 is 2.33 bits per heavy atom. The van der Waals surface area contributed by atoms with Gasteiger partial charge in [-0.05, 0) is 68.8 Å². The van der Waals surface area contributed by atoms with Crippen LogP contribution < -0.4 is 9.62 Å². The van der Waals surface area contributed by atoms with E-state index < -0.39 is 15.6 Å². The number of allylic oxidation sites excluding steroid dienone is 1. The summed E-state index contributed by atoms with van der Waals surface area (Å²) in [6, 6.07) is 11.4. The minimum absolute atomic E-state index is 0.171. The molecule has 27 heavy (non-hydrogen) atoms. The second-order valence-electron chi connectivity index (χ2n) is 7.12. The van der Waals surface area contributed by atoms with E-state index in [1.807, 2.05) is 26.8 Å². The second-order valence-corrected chi connectivity index (χ2v) is 9.34. The van der Waals surface area contributed by atoms with Crippen LogP contribution in [0.2, 0.25) is 5.02 Å². The van der Waals surface area contributed by atoms with E-state index in [0.717, 1.165) is 11.1 Å². The lowest BCUT2D eigenvalue weighted by atomic mass is 9.91. The maximum Gasteiger partial charge on any atom is 0.265 e. The maximum atomic E-state index is 13.4. The fraction of sp³-hybridized carbons (Fsp3) is 0.250. The van der Waals surface area contributed by atoms with Gasteiger partial charge in [-0.1, -0.05) is 17.7 Å². The number of carbonyl (C=O) groups excluding carboxylic acids is 1. The summed E-state index contributed by atoms with van der Waals surface area (Å²) in [4.78, 5) is 11.5. The number of nitrogens with one attached hydrogen (secondary N) is 1. The highest BCUT2D eigenvalue weighted by atomic mass is 35.5. The molecule has 0 aliphatic carbocycles. The molecule has 1 aliphatic heterocycles. The number of hydrogen-bond donors (Lipinski definition) is 1. The Morgan fingerprint density at radius 2 is 1.74 bits per heavy atom. The molecule has 0 atom stereocenters. The Balaban J connectivity index is 2.18. The average molecular weight is 405 g/mol. The van der Waals surface area contributed by atoms with Crippen molar-refractivity contribution in [2.75, 3.05) is 9.62 Å². The van der Waals surface area contributed by atoms with Crippen molar-refractivity contribution >= 4 is 44.5 Å². The number of benzene rings is 2. The smallest absolute Gasteiger partial charge is 0.265 e. The van der Waals surface area contributed by atoms with E-state index >= 15 is 0 Å². The Hall–Kier alpha value is -2.31. The first kappa shape index (κ1) is 19.5. The predicted molar refractivity (Wildman–Crippen MR) is 110 cm³/mol. The zero-order valence-corrected chi connectivity index (χ0v) is 17.1. The topological polar surface area (TPSA) is 66.5 Å². The van der Waals surface area contributed by atoms with Crippen LogP contribution in [0, 0.1) is 0 Å². The number of nitrogens with zero attached hydrogens (tertiary/aromatic N) is 1. The van der Waals surface area contributed by atoms with E-state index in [9.17, 15) is 13.2 Å². The van der Waals surface area contributed by atoms with Crippen molar-refractivity contribution in [1.29, 1.82) is 0 Å². The number of fused-ring (bicyclic) bond motifs is 1. The number of hydrogen-bond acceptors (Lipinski definition) is 3. The molecule has 7 heteroatoms. The van der Waals surface area contributed by atoms with Gasteiger partial charge in [-0.3, -0.25) is 9.10 Å². The maximum absolute atomic E-state index is 13.4. The van der Waals surface area contributed by atoms with Crippen molar-refractivity contribution in [3.8, 4) is 0 Å². The predicted octanol–water partition coefficient (Wildman–Crippen LogP) is 4.69. The molecular formula is C20H21ClN2O3S. The van der Waals surface area contributed by atoms with Crippen LogP contribution in [0.1, 0.15) is 33.3 Å². The molecule has 5 nitrogen and oxygen atoms in total. The molecule has 1 N–H and O–H groups in total. The van der Waals surface area contributed by atoms with Crippen molar-refractivity contribution in [2.45, 2.75) is 38.1 Å². The molecule has 2 aromatic rings. The van der Waals surface area contributed by atoms with E-state index in [1.165, 1.54) is 23.4 Å². The minimum Gasteiger partial charge on any atom is -0.326 e. The van der Waals surface area contributed by atoms with Crippen molar-refractivity contribution < 1.29 is 13.2 Å². The van der Waals surface area contributed by atoms with Crippen LogP contribution in [0.5, 0.6) is 0 Å². The summed E-state index contributed by atoms with van der Waals surface area (Å²) in [5.74, 6) is -0.182. The van der Waals surface area contributed by atoms with E-state index in [0.29, 0.717) is 16.4 Å². The summed E-state index contributed by atoms with van der Waals surface area (Å²) in [7, 11) is -3.82. The third-order valence-electron chi connectivity index (χ3n) is 4.41. The van der Waals surface area contributed by atoms with Gasteiger partial charge in [0.15, 0.2) is 0 Å². The molecule has 2 aromatic carbocycles. The Bertz CT molecular complexity index is 1040. The number of carbonyl (C=O) groups is 1. The molecule has 3 rings (SSSR count). The molecule has 142 valence electrons. The number of rotatable bonds is 3. The van der Waals surface area contributed by atoms with Crippen LogP contribution >= 0.6 is 11.6 Å². The van der Waals surface area contributed by atoms with Crippen LogP contribution in [0.4, 0.5) is 11.4 Å². The van der Waals surface area contributed by atoms with Crippen LogP contribution in [0.3, 0.4) is 0 Å². The molecule has 0 saturated heterocycles. The minimum atomic E-state index is -3.82. The van der Waals surface area contributed by atoms with E-state index in [1.54, 1.807) is 30.3 Å². The molecule has 0 bridgehead atoms. The fourth-order valence-corrected chi connectivity index (χ4v) is 5.35. The molecule has 0 unspecified atom stereocenters. The molecule has 0 radical (unpaired) electrons. The van der Waals surface area contributed by atoms with Crippen LogP contribution in [-0.2, 0) is 14.8 Å². The van der Waals surface area contributed by atoms with Gasteiger partial charge in [0.2, 0.25) is 5.91 Å². The Morgan fingerprint density at radius 1 is 1.11 bits per heavy atom.